The Labute approximate surface area is 200 Å². The van der Waals surface area contributed by atoms with Gasteiger partial charge in [0.25, 0.3) is 0 Å². The number of aromatic nitrogens is 3. The summed E-state index contributed by atoms with van der Waals surface area (Å²) in [4.78, 5) is 12.1. The summed E-state index contributed by atoms with van der Waals surface area (Å²) in [5.74, 6) is 1.26. The molecule has 0 bridgehead atoms. The molecule has 2 heterocycles. The first kappa shape index (κ1) is 21.5. The van der Waals surface area contributed by atoms with Crippen molar-refractivity contribution in [2.24, 2.45) is 0 Å². The van der Waals surface area contributed by atoms with Crippen molar-refractivity contribution in [2.45, 2.75) is 24.4 Å². The number of hydrogen-bond acceptors (Lipinski definition) is 5. The van der Waals surface area contributed by atoms with Crippen LogP contribution >= 0.6 is 23.4 Å². The zero-order valence-electron chi connectivity index (χ0n) is 17.9. The summed E-state index contributed by atoms with van der Waals surface area (Å²) in [6.45, 7) is 2.58. The molecule has 164 valence electrons. The van der Waals surface area contributed by atoms with Crippen molar-refractivity contribution in [1.82, 2.24) is 14.8 Å². The second-order valence-electron chi connectivity index (χ2n) is 7.74. The van der Waals surface area contributed by atoms with E-state index in [2.05, 4.69) is 26.9 Å². The lowest BCUT2D eigenvalue weighted by atomic mass is 10.1. The van der Waals surface area contributed by atoms with E-state index in [1.807, 2.05) is 67.6 Å². The Morgan fingerprint density at radius 3 is 2.58 bits per heavy atom. The molecule has 0 unspecified atom stereocenters. The fourth-order valence-electron chi connectivity index (χ4n) is 3.74. The molecule has 5 aromatic rings. The van der Waals surface area contributed by atoms with Gasteiger partial charge in [-0.15, -0.1) is 10.2 Å². The van der Waals surface area contributed by atoms with Crippen molar-refractivity contribution >= 4 is 34.3 Å². The zero-order valence-corrected chi connectivity index (χ0v) is 19.4. The second kappa shape index (κ2) is 9.25. The number of thioether (sulfide) groups is 1. The van der Waals surface area contributed by atoms with Crippen molar-refractivity contribution < 1.29 is 4.42 Å². The molecule has 0 atom stereocenters. The Morgan fingerprint density at radius 1 is 0.970 bits per heavy atom. The highest BCUT2D eigenvalue weighted by atomic mass is 35.5. The average molecular weight is 474 g/mol. The first-order chi connectivity index (χ1) is 16.1. The van der Waals surface area contributed by atoms with Crippen LogP contribution in [0.5, 0.6) is 0 Å². The standard InChI is InChI=1S/C26H20ClN3O2S/c1-17-11-12-20-19(14-24(31)32-23(20)13-17)16-33-26-29-28-25(21-9-5-6-10-22(21)27)30(26)15-18-7-3-2-4-8-18/h2-14H,15-16H2,1H3. The number of hydrogen-bond donors (Lipinski definition) is 0. The predicted octanol–water partition coefficient (Wildman–Crippen LogP) is 6.35. The first-order valence-corrected chi connectivity index (χ1v) is 11.8. The Kier molecular flexibility index (Phi) is 6.03. The van der Waals surface area contributed by atoms with E-state index in [1.54, 1.807) is 6.07 Å². The Balaban J connectivity index is 1.53. The van der Waals surface area contributed by atoms with Gasteiger partial charge in [-0.2, -0.15) is 0 Å². The van der Waals surface area contributed by atoms with Gasteiger partial charge in [0, 0.05) is 22.8 Å². The number of aryl methyl sites for hydroxylation is 1. The van der Waals surface area contributed by atoms with E-state index in [9.17, 15) is 4.79 Å². The van der Waals surface area contributed by atoms with E-state index in [0.29, 0.717) is 28.7 Å². The fraction of sp³-hybridized carbons (Fsp3) is 0.115. The van der Waals surface area contributed by atoms with Crippen LogP contribution < -0.4 is 5.63 Å². The maximum atomic E-state index is 12.1. The molecule has 0 amide bonds. The number of rotatable bonds is 6. The highest BCUT2D eigenvalue weighted by Crippen LogP contribution is 2.32. The van der Waals surface area contributed by atoms with Crippen LogP contribution in [0, 0.1) is 6.92 Å². The lowest BCUT2D eigenvalue weighted by Crippen LogP contribution is -2.05. The molecule has 5 rings (SSSR count). The maximum Gasteiger partial charge on any atom is 0.336 e. The molecule has 3 aromatic carbocycles. The van der Waals surface area contributed by atoms with Crippen molar-refractivity contribution in [3.8, 4) is 11.4 Å². The monoisotopic (exact) mass is 473 g/mol. The molecule has 0 aliphatic carbocycles. The van der Waals surface area contributed by atoms with Crippen molar-refractivity contribution in [3.05, 3.63) is 111 Å². The third-order valence-corrected chi connectivity index (χ3v) is 6.70. The molecule has 0 spiro atoms. The highest BCUT2D eigenvalue weighted by molar-refractivity contribution is 7.98. The summed E-state index contributed by atoms with van der Waals surface area (Å²) >= 11 is 8.01. The van der Waals surface area contributed by atoms with E-state index >= 15 is 0 Å². The molecule has 7 heteroatoms. The molecule has 0 N–H and O–H groups in total. The van der Waals surface area contributed by atoms with Crippen LogP contribution in [0.3, 0.4) is 0 Å². The topological polar surface area (TPSA) is 60.9 Å². The van der Waals surface area contributed by atoms with Gasteiger partial charge in [0.2, 0.25) is 0 Å². The van der Waals surface area contributed by atoms with Crippen LogP contribution in [0.15, 0.2) is 93.2 Å². The number of nitrogens with zero attached hydrogens (tertiary/aromatic N) is 3. The molecule has 0 fully saturated rings. The Hall–Kier alpha value is -3.35. The average Bonchev–Trinajstić information content (AvgIpc) is 3.20. The summed E-state index contributed by atoms with van der Waals surface area (Å²) in [7, 11) is 0. The smallest absolute Gasteiger partial charge is 0.336 e. The van der Waals surface area contributed by atoms with Crippen molar-refractivity contribution in [3.63, 3.8) is 0 Å². The molecular formula is C26H20ClN3O2S. The molecule has 33 heavy (non-hydrogen) atoms. The van der Waals surface area contributed by atoms with Gasteiger partial charge in [-0.1, -0.05) is 78.0 Å². The Morgan fingerprint density at radius 2 is 1.76 bits per heavy atom. The van der Waals surface area contributed by atoms with E-state index in [1.165, 1.54) is 11.8 Å². The predicted molar refractivity (Wildman–Crippen MR) is 133 cm³/mol. The fourth-order valence-corrected chi connectivity index (χ4v) is 4.89. The minimum absolute atomic E-state index is 0.355. The molecule has 0 aliphatic rings. The number of halogens is 1. The summed E-state index contributed by atoms with van der Waals surface area (Å²) < 4.78 is 7.47. The molecule has 0 saturated heterocycles. The van der Waals surface area contributed by atoms with Gasteiger partial charge in [0.15, 0.2) is 11.0 Å². The third kappa shape index (κ3) is 4.58. The van der Waals surface area contributed by atoms with Gasteiger partial charge in [-0.3, -0.25) is 4.57 Å². The van der Waals surface area contributed by atoms with E-state index in [4.69, 9.17) is 16.0 Å². The molecular weight excluding hydrogens is 454 g/mol. The molecule has 2 aromatic heterocycles. The van der Waals surface area contributed by atoms with Crippen LogP contribution in [-0.4, -0.2) is 14.8 Å². The van der Waals surface area contributed by atoms with Gasteiger partial charge in [0.1, 0.15) is 5.58 Å². The zero-order chi connectivity index (χ0) is 22.8. The van der Waals surface area contributed by atoms with Crippen molar-refractivity contribution in [1.29, 1.82) is 0 Å². The maximum absolute atomic E-state index is 12.1. The lowest BCUT2D eigenvalue weighted by Gasteiger charge is -2.12. The third-order valence-electron chi connectivity index (χ3n) is 5.36. The van der Waals surface area contributed by atoms with Crippen LogP contribution in [-0.2, 0) is 12.3 Å². The van der Waals surface area contributed by atoms with Gasteiger partial charge >= 0.3 is 5.63 Å². The van der Waals surface area contributed by atoms with Crippen LogP contribution in [0.2, 0.25) is 5.02 Å². The van der Waals surface area contributed by atoms with E-state index in [-0.39, 0.29) is 5.63 Å². The van der Waals surface area contributed by atoms with Crippen LogP contribution in [0.4, 0.5) is 0 Å². The SMILES string of the molecule is Cc1ccc2c(CSc3nnc(-c4ccccc4Cl)n3Cc3ccccc3)cc(=O)oc2c1. The summed E-state index contributed by atoms with van der Waals surface area (Å²) in [6, 6.07) is 25.2. The lowest BCUT2D eigenvalue weighted by molar-refractivity contribution is 0.559. The van der Waals surface area contributed by atoms with E-state index < -0.39 is 0 Å². The van der Waals surface area contributed by atoms with Crippen molar-refractivity contribution in [2.75, 3.05) is 0 Å². The van der Waals surface area contributed by atoms with E-state index in [0.717, 1.165) is 32.8 Å². The molecule has 0 aliphatic heterocycles. The summed E-state index contributed by atoms with van der Waals surface area (Å²) in [5.41, 5.74) is 4.15. The van der Waals surface area contributed by atoms with Gasteiger partial charge < -0.3 is 4.42 Å². The first-order valence-electron chi connectivity index (χ1n) is 10.5. The van der Waals surface area contributed by atoms with Gasteiger partial charge in [-0.25, -0.2) is 4.79 Å². The number of fused-ring (bicyclic) bond motifs is 1. The molecule has 0 saturated carbocycles. The summed E-state index contributed by atoms with van der Waals surface area (Å²) in [5, 5.41) is 11.3. The van der Waals surface area contributed by atoms with Crippen LogP contribution in [0.1, 0.15) is 16.7 Å². The quantitative estimate of drug-likeness (QED) is 0.212. The van der Waals surface area contributed by atoms with Crippen LogP contribution in [0.25, 0.3) is 22.4 Å². The largest absolute Gasteiger partial charge is 0.423 e. The molecule has 5 nitrogen and oxygen atoms in total. The minimum Gasteiger partial charge on any atom is -0.423 e. The minimum atomic E-state index is -0.355. The van der Waals surface area contributed by atoms with Gasteiger partial charge in [-0.05, 0) is 41.8 Å². The Bertz CT molecular complexity index is 1490. The number of benzene rings is 3. The normalized spacial score (nSPS) is 11.2. The highest BCUT2D eigenvalue weighted by Gasteiger charge is 2.18. The second-order valence-corrected chi connectivity index (χ2v) is 9.09. The summed E-state index contributed by atoms with van der Waals surface area (Å²) in [6.07, 6.45) is 0. The molecule has 0 radical (unpaired) electrons. The van der Waals surface area contributed by atoms with Gasteiger partial charge in [0.05, 0.1) is 11.6 Å².